The summed E-state index contributed by atoms with van der Waals surface area (Å²) in [6, 6.07) is 9.58. The number of nitrogens with one attached hydrogen (secondary N) is 2. The highest BCUT2D eigenvalue weighted by molar-refractivity contribution is 5.98. The number of hydrogen-bond acceptors (Lipinski definition) is 4. The molecule has 0 bridgehead atoms. The lowest BCUT2D eigenvalue weighted by Gasteiger charge is -2.14. The summed E-state index contributed by atoms with van der Waals surface area (Å²) in [5.41, 5.74) is 1.63. The molecule has 2 N–H and O–H groups in total. The van der Waals surface area contributed by atoms with Crippen LogP contribution in [0.3, 0.4) is 0 Å². The Labute approximate surface area is 158 Å². The maximum Gasteiger partial charge on any atom is 0.422 e. The summed E-state index contributed by atoms with van der Waals surface area (Å²) in [5, 5.41) is 3.66. The van der Waals surface area contributed by atoms with Crippen LogP contribution in [0.4, 0.5) is 13.2 Å². The Balaban J connectivity index is 1.65. The van der Waals surface area contributed by atoms with Gasteiger partial charge in [0.25, 0.3) is 5.91 Å². The molecule has 0 saturated carbocycles. The van der Waals surface area contributed by atoms with Crippen LogP contribution in [0.25, 0.3) is 10.9 Å². The Kier molecular flexibility index (Phi) is 5.43. The van der Waals surface area contributed by atoms with Crippen molar-refractivity contribution in [2.45, 2.75) is 19.1 Å². The molecule has 0 radical (unpaired) electrons. The standard InChI is InChI=1S/C19H18F3N3O3/c1-11(15-6-5-14(9-23-15)28-10-19(20,21)22)24-18(26)17-7-12-3-4-13(27-2)8-16(12)25-17/h3-9,11,25H,10H2,1-2H3,(H,24,26). The highest BCUT2D eigenvalue weighted by Crippen LogP contribution is 2.22. The molecule has 0 fully saturated rings. The number of fused-ring (bicyclic) bond motifs is 1. The molecule has 1 atom stereocenters. The Morgan fingerprint density at radius 3 is 2.61 bits per heavy atom. The van der Waals surface area contributed by atoms with Gasteiger partial charge < -0.3 is 19.8 Å². The first-order valence-corrected chi connectivity index (χ1v) is 8.38. The molecule has 2 heterocycles. The fourth-order valence-corrected chi connectivity index (χ4v) is 2.60. The first kappa shape index (κ1) is 19.5. The predicted octanol–water partition coefficient (Wildman–Crippen LogP) is 4.00. The number of carbonyl (C=O) groups is 1. The van der Waals surface area contributed by atoms with E-state index in [9.17, 15) is 18.0 Å². The van der Waals surface area contributed by atoms with E-state index in [1.54, 1.807) is 32.2 Å². The number of nitrogens with zero attached hydrogens (tertiary/aromatic N) is 1. The van der Waals surface area contributed by atoms with Gasteiger partial charge >= 0.3 is 6.18 Å². The van der Waals surface area contributed by atoms with Crippen LogP contribution in [-0.4, -0.2) is 35.8 Å². The molecule has 6 nitrogen and oxygen atoms in total. The van der Waals surface area contributed by atoms with Crippen molar-refractivity contribution >= 4 is 16.8 Å². The van der Waals surface area contributed by atoms with Gasteiger partial charge in [-0.25, -0.2) is 0 Å². The van der Waals surface area contributed by atoms with Gasteiger partial charge in [-0.1, -0.05) is 0 Å². The third-order valence-electron chi connectivity index (χ3n) is 4.03. The number of ether oxygens (including phenoxy) is 2. The minimum absolute atomic E-state index is 0.00386. The van der Waals surface area contributed by atoms with Gasteiger partial charge in [-0.05, 0) is 37.3 Å². The van der Waals surface area contributed by atoms with Crippen molar-refractivity contribution in [1.29, 1.82) is 0 Å². The van der Waals surface area contributed by atoms with E-state index in [-0.39, 0.29) is 11.7 Å². The fourth-order valence-electron chi connectivity index (χ4n) is 2.60. The molecule has 2 aromatic heterocycles. The molecule has 0 saturated heterocycles. The molecular weight excluding hydrogens is 375 g/mol. The lowest BCUT2D eigenvalue weighted by atomic mass is 10.2. The summed E-state index contributed by atoms with van der Waals surface area (Å²) in [7, 11) is 1.56. The number of amides is 1. The second-order valence-corrected chi connectivity index (χ2v) is 6.15. The van der Waals surface area contributed by atoms with Crippen LogP contribution in [0.2, 0.25) is 0 Å². The van der Waals surface area contributed by atoms with E-state index in [1.165, 1.54) is 18.3 Å². The SMILES string of the molecule is COc1ccc2cc(C(=O)NC(C)c3ccc(OCC(F)(F)F)cn3)[nH]c2c1. The van der Waals surface area contributed by atoms with Crippen molar-refractivity contribution < 1.29 is 27.4 Å². The Hall–Kier alpha value is -3.23. The summed E-state index contributed by atoms with van der Waals surface area (Å²) in [6.45, 7) is 0.341. The van der Waals surface area contributed by atoms with E-state index in [0.717, 1.165) is 10.9 Å². The van der Waals surface area contributed by atoms with Gasteiger partial charge in [0.05, 0.1) is 25.0 Å². The van der Waals surface area contributed by atoms with Crippen LogP contribution in [0.5, 0.6) is 11.5 Å². The largest absolute Gasteiger partial charge is 0.497 e. The smallest absolute Gasteiger partial charge is 0.422 e. The maximum absolute atomic E-state index is 12.5. The monoisotopic (exact) mass is 393 g/mol. The van der Waals surface area contributed by atoms with Crippen LogP contribution in [0, 0.1) is 0 Å². The number of rotatable bonds is 6. The Morgan fingerprint density at radius 2 is 1.96 bits per heavy atom. The van der Waals surface area contributed by atoms with Gasteiger partial charge in [0.1, 0.15) is 17.2 Å². The molecule has 1 unspecified atom stereocenters. The molecule has 0 aliphatic rings. The minimum atomic E-state index is -4.41. The highest BCUT2D eigenvalue weighted by Gasteiger charge is 2.28. The number of methoxy groups -OCH3 is 1. The van der Waals surface area contributed by atoms with Gasteiger partial charge in [0.15, 0.2) is 6.61 Å². The van der Waals surface area contributed by atoms with Crippen LogP contribution in [0.15, 0.2) is 42.6 Å². The number of benzene rings is 1. The topological polar surface area (TPSA) is 76.2 Å². The number of aromatic amines is 1. The predicted molar refractivity (Wildman–Crippen MR) is 96.5 cm³/mol. The normalized spacial score (nSPS) is 12.6. The molecule has 1 amide bonds. The summed E-state index contributed by atoms with van der Waals surface area (Å²) in [5.74, 6) is 0.345. The number of pyridine rings is 1. The van der Waals surface area contributed by atoms with Crippen molar-refractivity contribution in [3.05, 3.63) is 54.0 Å². The number of alkyl halides is 3. The fraction of sp³-hybridized carbons (Fsp3) is 0.263. The van der Waals surface area contributed by atoms with Crippen molar-refractivity contribution in [3.8, 4) is 11.5 Å². The van der Waals surface area contributed by atoms with E-state index in [4.69, 9.17) is 4.74 Å². The lowest BCUT2D eigenvalue weighted by Crippen LogP contribution is -2.27. The van der Waals surface area contributed by atoms with Gasteiger partial charge in [-0.3, -0.25) is 9.78 Å². The highest BCUT2D eigenvalue weighted by atomic mass is 19.4. The first-order valence-electron chi connectivity index (χ1n) is 8.38. The van der Waals surface area contributed by atoms with Gasteiger partial charge in [0.2, 0.25) is 0 Å². The maximum atomic E-state index is 12.5. The molecule has 0 aliphatic carbocycles. The molecule has 1 aromatic carbocycles. The molecule has 0 aliphatic heterocycles. The third-order valence-corrected chi connectivity index (χ3v) is 4.03. The van der Waals surface area contributed by atoms with E-state index in [0.29, 0.717) is 17.1 Å². The second-order valence-electron chi connectivity index (χ2n) is 6.15. The molecular formula is C19H18F3N3O3. The minimum Gasteiger partial charge on any atom is -0.497 e. The van der Waals surface area contributed by atoms with Crippen LogP contribution >= 0.6 is 0 Å². The quantitative estimate of drug-likeness (QED) is 0.664. The zero-order chi connectivity index (χ0) is 20.3. The van der Waals surface area contributed by atoms with E-state index in [2.05, 4.69) is 20.0 Å². The van der Waals surface area contributed by atoms with Crippen molar-refractivity contribution in [1.82, 2.24) is 15.3 Å². The Morgan fingerprint density at radius 1 is 1.21 bits per heavy atom. The van der Waals surface area contributed by atoms with Gasteiger partial charge in [-0.15, -0.1) is 0 Å². The number of carbonyl (C=O) groups excluding carboxylic acids is 1. The molecule has 28 heavy (non-hydrogen) atoms. The van der Waals surface area contributed by atoms with Crippen molar-refractivity contribution in [2.75, 3.05) is 13.7 Å². The number of halogens is 3. The summed E-state index contributed by atoms with van der Waals surface area (Å²) in [4.78, 5) is 19.6. The summed E-state index contributed by atoms with van der Waals surface area (Å²) in [6.07, 6.45) is -3.22. The molecule has 3 aromatic rings. The van der Waals surface area contributed by atoms with E-state index in [1.807, 2.05) is 6.07 Å². The lowest BCUT2D eigenvalue weighted by molar-refractivity contribution is -0.153. The summed E-state index contributed by atoms with van der Waals surface area (Å²) < 4.78 is 46.3. The number of H-pyrrole nitrogens is 1. The van der Waals surface area contributed by atoms with Gasteiger partial charge in [-0.2, -0.15) is 13.2 Å². The van der Waals surface area contributed by atoms with Crippen molar-refractivity contribution in [2.24, 2.45) is 0 Å². The molecule has 148 valence electrons. The van der Waals surface area contributed by atoms with Crippen LogP contribution in [-0.2, 0) is 0 Å². The van der Waals surface area contributed by atoms with Crippen LogP contribution < -0.4 is 14.8 Å². The average molecular weight is 393 g/mol. The summed E-state index contributed by atoms with van der Waals surface area (Å²) >= 11 is 0. The first-order chi connectivity index (χ1) is 13.2. The Bertz CT molecular complexity index is 968. The van der Waals surface area contributed by atoms with Gasteiger partial charge in [0, 0.05) is 17.0 Å². The third kappa shape index (κ3) is 4.73. The zero-order valence-corrected chi connectivity index (χ0v) is 15.1. The van der Waals surface area contributed by atoms with E-state index < -0.39 is 18.8 Å². The number of hydrogen-bond donors (Lipinski definition) is 2. The zero-order valence-electron chi connectivity index (χ0n) is 15.1. The molecule has 0 spiro atoms. The average Bonchev–Trinajstić information content (AvgIpc) is 3.09. The molecule has 3 rings (SSSR count). The van der Waals surface area contributed by atoms with E-state index >= 15 is 0 Å². The molecule has 9 heteroatoms. The van der Waals surface area contributed by atoms with Crippen LogP contribution in [0.1, 0.15) is 29.1 Å². The van der Waals surface area contributed by atoms with Crippen molar-refractivity contribution in [3.63, 3.8) is 0 Å². The number of aromatic nitrogens is 2. The second kappa shape index (κ2) is 7.79.